The van der Waals surface area contributed by atoms with Gasteiger partial charge in [-0.25, -0.2) is 38.7 Å². The quantitative estimate of drug-likeness (QED) is 0.0199. The van der Waals surface area contributed by atoms with Crippen LogP contribution in [0.25, 0.3) is 22.6 Å². The predicted molar refractivity (Wildman–Crippen MR) is 300 cm³/mol. The maximum absolute atomic E-state index is 14.1. The van der Waals surface area contributed by atoms with E-state index >= 15 is 0 Å². The van der Waals surface area contributed by atoms with E-state index in [1.165, 1.54) is 30.2 Å². The number of hydrogen-bond donors (Lipinski definition) is 5. The van der Waals surface area contributed by atoms with Crippen LogP contribution in [0.4, 0.5) is 25.0 Å². The Kier molecular flexibility index (Phi) is 23.9. The molecular weight excluding hydrogens is 1090 g/mol. The lowest BCUT2D eigenvalue weighted by Crippen LogP contribution is -2.47. The van der Waals surface area contributed by atoms with E-state index in [1.54, 1.807) is 119 Å². The average molecular weight is 1160 g/mol. The number of hydrogen-bond acceptors (Lipinski definition) is 20. The Morgan fingerprint density at radius 1 is 0.654 bits per heavy atom. The van der Waals surface area contributed by atoms with Gasteiger partial charge in [0, 0.05) is 35.0 Å². The lowest BCUT2D eigenvalue weighted by molar-refractivity contribution is -0.163. The van der Waals surface area contributed by atoms with Gasteiger partial charge in [-0.2, -0.15) is 10.5 Å². The SMILES string of the molecule is CC(C)(C)OC(=O)NCCCC(NC(=O)OC(C)(C)C)C(=O)O[C@H](COC(=O)[C@H](CCCNC(=O)OC(C)(C)C)NC(=O)OC(C)(C)C)COc1ccc(-c2c(C#N)c(N)nc(SCc3coc(-c4ccc(Cl)cc4)n3)c2C#N)cc1. The van der Waals surface area contributed by atoms with E-state index in [4.69, 9.17) is 54.9 Å². The molecule has 2 aromatic carbocycles. The Hall–Kier alpha value is -7.96. The summed E-state index contributed by atoms with van der Waals surface area (Å²) in [5, 5.41) is 31.8. The van der Waals surface area contributed by atoms with Gasteiger partial charge in [-0.3, -0.25) is 0 Å². The van der Waals surface area contributed by atoms with Gasteiger partial charge in [0.2, 0.25) is 5.89 Å². The van der Waals surface area contributed by atoms with Crippen LogP contribution in [-0.2, 0) is 43.8 Å². The summed E-state index contributed by atoms with van der Waals surface area (Å²) in [6, 6.07) is 14.7. The number of nitrogens with zero attached hydrogens (tertiary/aromatic N) is 4. The molecule has 1 unspecified atom stereocenters. The van der Waals surface area contributed by atoms with Gasteiger partial charge >= 0.3 is 36.3 Å². The van der Waals surface area contributed by atoms with Crippen LogP contribution in [0, 0.1) is 22.7 Å². The molecule has 438 valence electrons. The molecule has 0 aliphatic heterocycles. The molecule has 0 saturated carbocycles. The number of nitrogens with two attached hydrogens (primary N) is 1. The lowest BCUT2D eigenvalue weighted by Gasteiger charge is -2.26. The molecule has 0 aliphatic rings. The van der Waals surface area contributed by atoms with Crippen LogP contribution in [0.5, 0.6) is 5.75 Å². The standard InChI is InChI=1S/C56H72ClN9O14S/c1-53(2,3)77-49(69)61-25-13-15-41(64-51(71)79-55(7,8)9)47(67)75-31-38(76-48(68)42(65-52(72)80-56(10,11)12)16-14-26-62-50(70)78-54(4,5)6)30-73-37-23-19-33(20-24-37)43-39(27-58)44(60)66-46(40(43)28-59)81-32-36-29-74-45(63-36)34-17-21-35(57)22-18-34/h17-24,29,38,41-42H,13-16,25-26,30-32H2,1-12H3,(H2,60,66)(H,61,69)(H,62,70)(H,64,71)(H,65,72)/t38-,41-,42?/m0/s1. The number of thioether (sulfide) groups is 1. The topological polar surface area (TPSA) is 328 Å². The number of alkyl carbamates (subject to hydrolysis) is 4. The summed E-state index contributed by atoms with van der Waals surface area (Å²) in [5.74, 6) is -1.27. The number of carbonyl (C=O) groups excluding carboxylic acids is 6. The molecule has 4 rings (SSSR count). The fourth-order valence-corrected chi connectivity index (χ4v) is 7.99. The van der Waals surface area contributed by atoms with Crippen molar-refractivity contribution in [3.8, 4) is 40.5 Å². The number of halogens is 1. The van der Waals surface area contributed by atoms with E-state index in [-0.39, 0.29) is 77.8 Å². The zero-order valence-electron chi connectivity index (χ0n) is 47.7. The Labute approximate surface area is 480 Å². The first-order valence-corrected chi connectivity index (χ1v) is 27.2. The monoisotopic (exact) mass is 1160 g/mol. The van der Waals surface area contributed by atoms with E-state index in [1.807, 2.05) is 0 Å². The summed E-state index contributed by atoms with van der Waals surface area (Å²) in [5.41, 5.74) is 4.80. The van der Waals surface area contributed by atoms with Crippen LogP contribution in [0.1, 0.15) is 126 Å². The molecule has 0 saturated heterocycles. The molecule has 0 aliphatic carbocycles. The number of nitrogens with one attached hydrogen (secondary N) is 4. The van der Waals surface area contributed by atoms with Crippen LogP contribution in [0.15, 0.2) is 64.2 Å². The maximum Gasteiger partial charge on any atom is 0.408 e. The van der Waals surface area contributed by atoms with Crippen LogP contribution in [0.2, 0.25) is 5.02 Å². The highest BCUT2D eigenvalue weighted by Crippen LogP contribution is 2.37. The van der Waals surface area contributed by atoms with Crippen molar-refractivity contribution >= 4 is 65.5 Å². The van der Waals surface area contributed by atoms with Gasteiger partial charge in [0.25, 0.3) is 0 Å². The van der Waals surface area contributed by atoms with Crippen molar-refractivity contribution in [2.75, 3.05) is 32.0 Å². The van der Waals surface area contributed by atoms with Crippen molar-refractivity contribution in [1.82, 2.24) is 31.2 Å². The minimum absolute atomic E-state index is 0.0428. The van der Waals surface area contributed by atoms with Gasteiger partial charge < -0.3 is 64.6 Å². The van der Waals surface area contributed by atoms with E-state index < -0.39 is 90.1 Å². The predicted octanol–water partition coefficient (Wildman–Crippen LogP) is 9.91. The summed E-state index contributed by atoms with van der Waals surface area (Å²) in [6.07, 6.45) is -2.95. The molecule has 3 atom stereocenters. The van der Waals surface area contributed by atoms with Gasteiger partial charge in [-0.1, -0.05) is 35.5 Å². The van der Waals surface area contributed by atoms with Gasteiger partial charge in [0.15, 0.2) is 6.10 Å². The first kappa shape index (κ1) is 65.6. The molecule has 6 N–H and O–H groups in total. The number of carbonyl (C=O) groups is 6. The fourth-order valence-electron chi connectivity index (χ4n) is 7.00. The van der Waals surface area contributed by atoms with Gasteiger partial charge in [0.1, 0.15) is 88.3 Å². The number of anilines is 1. The van der Waals surface area contributed by atoms with Crippen molar-refractivity contribution < 1.29 is 66.3 Å². The van der Waals surface area contributed by atoms with Crippen molar-refractivity contribution in [3.05, 3.63) is 76.6 Å². The van der Waals surface area contributed by atoms with E-state index in [0.29, 0.717) is 27.7 Å². The number of pyridine rings is 1. The summed E-state index contributed by atoms with van der Waals surface area (Å²) >= 11 is 7.20. The molecule has 25 heteroatoms. The molecule has 81 heavy (non-hydrogen) atoms. The van der Waals surface area contributed by atoms with E-state index in [9.17, 15) is 39.3 Å². The smallest absolute Gasteiger partial charge is 0.408 e. The largest absolute Gasteiger partial charge is 0.490 e. The van der Waals surface area contributed by atoms with Gasteiger partial charge in [0.05, 0.1) is 11.3 Å². The third-order valence-corrected chi connectivity index (χ3v) is 11.6. The number of benzene rings is 2. The summed E-state index contributed by atoms with van der Waals surface area (Å²) < 4.78 is 44.8. The Bertz CT molecular complexity index is 2900. The number of nitriles is 2. The van der Waals surface area contributed by atoms with Crippen LogP contribution in [0.3, 0.4) is 0 Å². The number of amides is 4. The summed E-state index contributed by atoms with van der Waals surface area (Å²) in [7, 11) is 0. The number of esters is 2. The average Bonchev–Trinajstić information content (AvgIpc) is 3.84. The Morgan fingerprint density at radius 3 is 1.63 bits per heavy atom. The molecule has 4 aromatic rings. The highest BCUT2D eigenvalue weighted by Gasteiger charge is 2.32. The third-order valence-electron chi connectivity index (χ3n) is 10.3. The Balaban J connectivity index is 1.61. The van der Waals surface area contributed by atoms with E-state index in [0.717, 1.165) is 0 Å². The van der Waals surface area contributed by atoms with Crippen molar-refractivity contribution in [3.63, 3.8) is 0 Å². The molecular formula is C56H72ClN9O14S. The highest BCUT2D eigenvalue weighted by molar-refractivity contribution is 7.98. The lowest BCUT2D eigenvalue weighted by atomic mass is 9.97. The Morgan fingerprint density at radius 2 is 1.14 bits per heavy atom. The van der Waals surface area contributed by atoms with Gasteiger partial charge in [-0.05, 0) is 151 Å². The first-order valence-electron chi connectivity index (χ1n) is 25.8. The zero-order chi connectivity index (χ0) is 60.3. The summed E-state index contributed by atoms with van der Waals surface area (Å²) in [4.78, 5) is 87.7. The first-order chi connectivity index (χ1) is 37.8. The van der Waals surface area contributed by atoms with Crippen molar-refractivity contribution in [1.29, 1.82) is 10.5 Å². The molecule has 2 heterocycles. The van der Waals surface area contributed by atoms with Crippen molar-refractivity contribution in [2.24, 2.45) is 0 Å². The molecule has 0 fully saturated rings. The van der Waals surface area contributed by atoms with Crippen LogP contribution >= 0.6 is 23.4 Å². The molecule has 0 bridgehead atoms. The second kappa shape index (κ2) is 29.5. The second-order valence-corrected chi connectivity index (χ2v) is 23.6. The number of nitrogen functional groups attached to an aromatic ring is 1. The highest BCUT2D eigenvalue weighted by atomic mass is 35.5. The normalized spacial score (nSPS) is 12.7. The van der Waals surface area contributed by atoms with Gasteiger partial charge in [-0.15, -0.1) is 0 Å². The number of rotatable bonds is 23. The molecule has 2 aromatic heterocycles. The minimum atomic E-state index is -1.39. The molecule has 4 amide bonds. The van der Waals surface area contributed by atoms with Crippen LogP contribution < -0.4 is 31.7 Å². The third kappa shape index (κ3) is 23.7. The van der Waals surface area contributed by atoms with Crippen molar-refractivity contribution in [2.45, 2.75) is 160 Å². The number of ether oxygens (including phenoxy) is 7. The zero-order valence-corrected chi connectivity index (χ0v) is 49.2. The van der Waals surface area contributed by atoms with Crippen LogP contribution in [-0.4, -0.2) is 113 Å². The molecule has 0 radical (unpaired) electrons. The summed E-state index contributed by atoms with van der Waals surface area (Å²) in [6.45, 7) is 19.0. The molecule has 23 nitrogen and oxygen atoms in total. The molecule has 0 spiro atoms. The van der Waals surface area contributed by atoms with E-state index in [2.05, 4.69) is 43.4 Å². The minimum Gasteiger partial charge on any atom is -0.490 e. The maximum atomic E-state index is 14.1. The second-order valence-electron chi connectivity index (χ2n) is 22.2. The number of oxazole rings is 1. The fraction of sp³-hybridized carbons (Fsp3) is 0.500. The number of aromatic nitrogens is 2.